The highest BCUT2D eigenvalue weighted by Gasteiger charge is 2.25. The van der Waals surface area contributed by atoms with Gasteiger partial charge in [0.1, 0.15) is 0 Å². The molecule has 0 aliphatic heterocycles. The third kappa shape index (κ3) is 1.20. The fourth-order valence-corrected chi connectivity index (χ4v) is 1.73. The molecule has 1 aliphatic rings. The summed E-state index contributed by atoms with van der Waals surface area (Å²) in [5.74, 6) is 0.715. The van der Waals surface area contributed by atoms with E-state index in [2.05, 4.69) is 33.7 Å². The molecule has 2 aromatic rings. The molecule has 0 saturated heterocycles. The monoisotopic (exact) mass is 187 g/mol. The first-order valence-electron chi connectivity index (χ1n) is 5.20. The van der Waals surface area contributed by atoms with Crippen LogP contribution in [-0.2, 0) is 6.42 Å². The van der Waals surface area contributed by atoms with Crippen LogP contribution < -0.4 is 0 Å². The molecule has 0 atom stereocenters. The second kappa shape index (κ2) is 2.80. The summed E-state index contributed by atoms with van der Waals surface area (Å²) in [6.45, 7) is 2.12. The summed E-state index contributed by atoms with van der Waals surface area (Å²) in [4.78, 5) is 8.89. The van der Waals surface area contributed by atoms with Crippen molar-refractivity contribution in [2.75, 3.05) is 0 Å². The largest absolute Gasteiger partial charge is 0.304 e. The Labute approximate surface area is 82.8 Å². The summed E-state index contributed by atoms with van der Waals surface area (Å²) >= 11 is 0. The summed E-state index contributed by atoms with van der Waals surface area (Å²) in [6, 6.07) is 0. The Morgan fingerprint density at radius 3 is 3.00 bits per heavy atom. The lowest BCUT2D eigenvalue weighted by molar-refractivity contribution is 0.970. The van der Waals surface area contributed by atoms with E-state index in [9.17, 15) is 0 Å². The van der Waals surface area contributed by atoms with Gasteiger partial charge in [0.25, 0.3) is 0 Å². The maximum atomic E-state index is 4.45. The van der Waals surface area contributed by atoms with Crippen LogP contribution in [0.25, 0.3) is 5.65 Å². The van der Waals surface area contributed by atoms with Crippen LogP contribution in [0.1, 0.15) is 37.1 Å². The van der Waals surface area contributed by atoms with E-state index < -0.39 is 0 Å². The number of imidazole rings is 1. The maximum Gasteiger partial charge on any atom is 0.155 e. The van der Waals surface area contributed by atoms with Crippen molar-refractivity contribution in [3.05, 3.63) is 30.0 Å². The lowest BCUT2D eigenvalue weighted by Gasteiger charge is -1.97. The van der Waals surface area contributed by atoms with E-state index in [1.807, 2.05) is 6.20 Å². The normalized spacial score (nSPS) is 16.4. The Morgan fingerprint density at radius 2 is 2.29 bits per heavy atom. The van der Waals surface area contributed by atoms with E-state index >= 15 is 0 Å². The van der Waals surface area contributed by atoms with Crippen molar-refractivity contribution in [2.45, 2.75) is 32.1 Å². The minimum absolute atomic E-state index is 0.715. The van der Waals surface area contributed by atoms with E-state index in [-0.39, 0.29) is 0 Å². The Hall–Kier alpha value is -1.38. The van der Waals surface area contributed by atoms with Crippen LogP contribution in [0.2, 0.25) is 0 Å². The molecule has 1 fully saturated rings. The van der Waals surface area contributed by atoms with Crippen molar-refractivity contribution < 1.29 is 0 Å². The van der Waals surface area contributed by atoms with Crippen molar-refractivity contribution in [3.8, 4) is 0 Å². The van der Waals surface area contributed by atoms with Gasteiger partial charge in [-0.2, -0.15) is 0 Å². The molecule has 1 aliphatic carbocycles. The summed E-state index contributed by atoms with van der Waals surface area (Å²) in [6.07, 6.45) is 9.69. The Kier molecular flexibility index (Phi) is 1.60. The lowest BCUT2D eigenvalue weighted by atomic mass is 10.3. The first kappa shape index (κ1) is 7.97. The van der Waals surface area contributed by atoms with Gasteiger partial charge in [-0.3, -0.25) is 4.98 Å². The van der Waals surface area contributed by atoms with E-state index in [4.69, 9.17) is 0 Å². The molecule has 3 rings (SSSR count). The Balaban J connectivity index is 2.12. The zero-order chi connectivity index (χ0) is 9.54. The minimum Gasteiger partial charge on any atom is -0.304 e. The Morgan fingerprint density at radius 1 is 1.43 bits per heavy atom. The average Bonchev–Trinajstić information content (AvgIpc) is 2.97. The quantitative estimate of drug-likeness (QED) is 0.721. The van der Waals surface area contributed by atoms with Crippen molar-refractivity contribution in [1.29, 1.82) is 0 Å². The van der Waals surface area contributed by atoms with Crippen LogP contribution in [0.3, 0.4) is 0 Å². The fraction of sp³-hybridized carbons (Fsp3) is 0.455. The molecule has 3 nitrogen and oxygen atoms in total. The standard InChI is InChI=1S/C11H13N3/c1-2-9-6-14-7-10(8-3-4-8)12-5-11(14)13-9/h5-8H,2-4H2,1H3. The van der Waals surface area contributed by atoms with E-state index in [0.717, 1.165) is 17.8 Å². The summed E-state index contributed by atoms with van der Waals surface area (Å²) in [5, 5.41) is 0. The Bertz CT molecular complexity index is 468. The highest BCUT2D eigenvalue weighted by atomic mass is 15.0. The summed E-state index contributed by atoms with van der Waals surface area (Å²) < 4.78 is 2.10. The molecular formula is C11H13N3. The van der Waals surface area contributed by atoms with E-state index in [1.54, 1.807) is 0 Å². The molecule has 72 valence electrons. The van der Waals surface area contributed by atoms with Crippen LogP contribution in [-0.4, -0.2) is 14.4 Å². The van der Waals surface area contributed by atoms with Gasteiger partial charge in [0.2, 0.25) is 0 Å². The summed E-state index contributed by atoms with van der Waals surface area (Å²) in [7, 11) is 0. The molecule has 0 spiro atoms. The molecule has 0 unspecified atom stereocenters. The number of fused-ring (bicyclic) bond motifs is 1. The average molecular weight is 187 g/mol. The van der Waals surface area contributed by atoms with Crippen molar-refractivity contribution >= 4 is 5.65 Å². The topological polar surface area (TPSA) is 30.2 Å². The molecule has 0 amide bonds. The van der Waals surface area contributed by atoms with Crippen molar-refractivity contribution in [3.63, 3.8) is 0 Å². The predicted octanol–water partition coefficient (Wildman–Crippen LogP) is 2.17. The highest BCUT2D eigenvalue weighted by Crippen LogP contribution is 2.38. The van der Waals surface area contributed by atoms with Gasteiger partial charge < -0.3 is 4.40 Å². The zero-order valence-electron chi connectivity index (χ0n) is 8.27. The van der Waals surface area contributed by atoms with Crippen LogP contribution in [0.5, 0.6) is 0 Å². The molecule has 2 aromatic heterocycles. The van der Waals surface area contributed by atoms with Crippen molar-refractivity contribution in [2.24, 2.45) is 0 Å². The number of nitrogens with zero attached hydrogens (tertiary/aromatic N) is 3. The van der Waals surface area contributed by atoms with Crippen LogP contribution >= 0.6 is 0 Å². The molecule has 1 saturated carbocycles. The smallest absolute Gasteiger partial charge is 0.155 e. The summed E-state index contributed by atoms with van der Waals surface area (Å²) in [5.41, 5.74) is 3.32. The highest BCUT2D eigenvalue weighted by molar-refractivity contribution is 5.38. The lowest BCUT2D eigenvalue weighted by Crippen LogP contribution is -1.91. The van der Waals surface area contributed by atoms with Crippen molar-refractivity contribution in [1.82, 2.24) is 14.4 Å². The van der Waals surface area contributed by atoms with E-state index in [1.165, 1.54) is 18.5 Å². The number of hydrogen-bond acceptors (Lipinski definition) is 2. The second-order valence-electron chi connectivity index (χ2n) is 3.94. The molecule has 14 heavy (non-hydrogen) atoms. The van der Waals surface area contributed by atoms with E-state index in [0.29, 0.717) is 5.92 Å². The second-order valence-corrected chi connectivity index (χ2v) is 3.94. The first-order valence-corrected chi connectivity index (χ1v) is 5.20. The maximum absolute atomic E-state index is 4.45. The predicted molar refractivity (Wildman–Crippen MR) is 54.3 cm³/mol. The fourth-order valence-electron chi connectivity index (χ4n) is 1.73. The van der Waals surface area contributed by atoms with Gasteiger partial charge in [-0.25, -0.2) is 4.98 Å². The first-order chi connectivity index (χ1) is 6.86. The van der Waals surface area contributed by atoms with Gasteiger partial charge in [0.05, 0.1) is 17.6 Å². The molecule has 0 aromatic carbocycles. The number of rotatable bonds is 2. The van der Waals surface area contributed by atoms with Gasteiger partial charge in [-0.1, -0.05) is 6.92 Å². The van der Waals surface area contributed by atoms with Gasteiger partial charge in [0, 0.05) is 18.3 Å². The van der Waals surface area contributed by atoms with Gasteiger partial charge in [-0.05, 0) is 19.3 Å². The van der Waals surface area contributed by atoms with Gasteiger partial charge in [0.15, 0.2) is 5.65 Å². The third-order valence-electron chi connectivity index (χ3n) is 2.77. The molecule has 0 N–H and O–H groups in total. The number of aryl methyl sites for hydroxylation is 1. The molecule has 0 bridgehead atoms. The number of aromatic nitrogens is 3. The third-order valence-corrected chi connectivity index (χ3v) is 2.77. The minimum atomic E-state index is 0.715. The molecule has 3 heteroatoms. The van der Waals surface area contributed by atoms with Gasteiger partial charge >= 0.3 is 0 Å². The van der Waals surface area contributed by atoms with Gasteiger partial charge in [-0.15, -0.1) is 0 Å². The van der Waals surface area contributed by atoms with Crippen LogP contribution in [0, 0.1) is 0 Å². The number of hydrogen-bond donors (Lipinski definition) is 0. The van der Waals surface area contributed by atoms with Crippen LogP contribution in [0.4, 0.5) is 0 Å². The molecule has 0 radical (unpaired) electrons. The molecular weight excluding hydrogens is 174 g/mol. The van der Waals surface area contributed by atoms with Crippen LogP contribution in [0.15, 0.2) is 18.6 Å². The SMILES string of the molecule is CCc1cn2cc(C3CC3)ncc2n1. The zero-order valence-corrected chi connectivity index (χ0v) is 8.27. The molecule has 2 heterocycles.